The Morgan fingerprint density at radius 2 is 1.79 bits per heavy atom. The molecule has 4 rings (SSSR count). The number of guanidine groups is 1. The fraction of sp³-hybridized carbons (Fsp3) is 0.0417. The minimum absolute atomic E-state index is 0.0167. The highest BCUT2D eigenvalue weighted by atomic mass is 79.9. The summed E-state index contributed by atoms with van der Waals surface area (Å²) in [5.74, 6) is 0.237. The van der Waals surface area contributed by atoms with Crippen LogP contribution in [0.2, 0.25) is 0 Å². The molecule has 0 radical (unpaired) electrons. The van der Waals surface area contributed by atoms with Crippen LogP contribution in [-0.2, 0) is 11.3 Å². The van der Waals surface area contributed by atoms with E-state index in [0.717, 1.165) is 11.3 Å². The van der Waals surface area contributed by atoms with Crippen LogP contribution in [0.15, 0.2) is 88.5 Å². The predicted octanol–water partition coefficient (Wildman–Crippen LogP) is 4.30. The summed E-state index contributed by atoms with van der Waals surface area (Å²) in [6.07, 6.45) is 1.36. The van der Waals surface area contributed by atoms with E-state index in [2.05, 4.69) is 41.4 Å². The number of carbonyl (C=O) groups is 1. The van der Waals surface area contributed by atoms with Gasteiger partial charge >= 0.3 is 5.97 Å². The Labute approximate surface area is 204 Å². The molecule has 0 amide bonds. The Hall–Kier alpha value is -4.31. The van der Waals surface area contributed by atoms with E-state index < -0.39 is 5.97 Å². The van der Waals surface area contributed by atoms with E-state index in [4.69, 9.17) is 16.2 Å². The molecule has 4 aromatic rings. The van der Waals surface area contributed by atoms with Crippen LogP contribution in [0.25, 0.3) is 11.3 Å². The van der Waals surface area contributed by atoms with Gasteiger partial charge in [-0.25, -0.2) is 9.78 Å². The van der Waals surface area contributed by atoms with Crippen molar-refractivity contribution in [1.29, 1.82) is 0 Å². The van der Waals surface area contributed by atoms with E-state index in [9.17, 15) is 4.79 Å². The summed E-state index contributed by atoms with van der Waals surface area (Å²) in [4.78, 5) is 20.6. The zero-order valence-electron chi connectivity index (χ0n) is 17.9. The Balaban J connectivity index is 1.42. The van der Waals surface area contributed by atoms with Crippen molar-refractivity contribution < 1.29 is 9.53 Å². The maximum absolute atomic E-state index is 12.4. The number of nitrogens with zero attached hydrogens (tertiary/aromatic N) is 4. The van der Waals surface area contributed by atoms with Gasteiger partial charge in [0.1, 0.15) is 12.4 Å². The Bertz CT molecular complexity index is 1330. The maximum Gasteiger partial charge on any atom is 0.340 e. The standard InChI is InChI=1S/C24H20BrN7O2/c25-18-12-17(13-28-22(18)26)23(33)34-14-16-8-4-5-9-19(16)29-24(27)30-21-11-10-20(31-32-21)15-6-2-1-3-7-15/h1-13H,14H2,(H2,26,28)(H3,27,29,30,32). The first kappa shape index (κ1) is 22.9. The summed E-state index contributed by atoms with van der Waals surface area (Å²) >= 11 is 3.25. The summed E-state index contributed by atoms with van der Waals surface area (Å²) in [5.41, 5.74) is 15.1. The molecule has 0 saturated heterocycles. The Morgan fingerprint density at radius 3 is 2.53 bits per heavy atom. The number of hydrogen-bond donors (Lipinski definition) is 3. The average molecular weight is 518 g/mol. The van der Waals surface area contributed by atoms with Gasteiger partial charge in [-0.1, -0.05) is 48.5 Å². The van der Waals surface area contributed by atoms with E-state index in [1.165, 1.54) is 6.20 Å². The zero-order valence-corrected chi connectivity index (χ0v) is 19.4. The van der Waals surface area contributed by atoms with Crippen molar-refractivity contribution in [2.45, 2.75) is 6.61 Å². The van der Waals surface area contributed by atoms with Crippen LogP contribution in [0.1, 0.15) is 15.9 Å². The molecule has 0 atom stereocenters. The van der Waals surface area contributed by atoms with Gasteiger partial charge in [-0.05, 0) is 40.2 Å². The number of anilines is 2. The second kappa shape index (κ2) is 10.5. The van der Waals surface area contributed by atoms with Crippen molar-refractivity contribution >= 4 is 45.2 Å². The second-order valence-corrected chi connectivity index (χ2v) is 7.94. The van der Waals surface area contributed by atoms with Gasteiger partial charge in [0.25, 0.3) is 0 Å². The third kappa shape index (κ3) is 5.73. The number of nitrogens with one attached hydrogen (secondary N) is 1. The van der Waals surface area contributed by atoms with Gasteiger partial charge in [0.05, 0.1) is 15.7 Å². The summed E-state index contributed by atoms with van der Waals surface area (Å²) in [6, 6.07) is 22.1. The van der Waals surface area contributed by atoms with Crippen molar-refractivity contribution in [2.24, 2.45) is 10.7 Å². The van der Waals surface area contributed by atoms with Crippen molar-refractivity contribution in [1.82, 2.24) is 15.2 Å². The van der Waals surface area contributed by atoms with Gasteiger partial charge in [0, 0.05) is 23.0 Å². The van der Waals surface area contributed by atoms with E-state index in [-0.39, 0.29) is 18.1 Å². The molecule has 0 fully saturated rings. The maximum atomic E-state index is 12.4. The number of para-hydroxylation sites is 1. The lowest BCUT2D eigenvalue weighted by Gasteiger charge is -2.12. The first-order valence-electron chi connectivity index (χ1n) is 10.2. The number of aliphatic imine (C=N–C) groups is 1. The van der Waals surface area contributed by atoms with Gasteiger partial charge in [0.2, 0.25) is 0 Å². The summed E-state index contributed by atoms with van der Waals surface area (Å²) in [7, 11) is 0. The SMILES string of the molecule is NC(=Nc1ccc(-c2ccccc2)nn1)Nc1ccccc1COC(=O)c1cnc(N)c(Br)c1. The molecule has 5 N–H and O–H groups in total. The number of nitrogen functional groups attached to an aromatic ring is 1. The highest BCUT2D eigenvalue weighted by Crippen LogP contribution is 2.21. The van der Waals surface area contributed by atoms with Crippen molar-refractivity contribution in [3.63, 3.8) is 0 Å². The summed E-state index contributed by atoms with van der Waals surface area (Å²) < 4.78 is 5.94. The van der Waals surface area contributed by atoms with Crippen LogP contribution in [0.5, 0.6) is 0 Å². The molecule has 170 valence electrons. The largest absolute Gasteiger partial charge is 0.457 e. The molecule has 2 aromatic heterocycles. The third-order valence-electron chi connectivity index (χ3n) is 4.70. The second-order valence-electron chi connectivity index (χ2n) is 7.09. The van der Waals surface area contributed by atoms with Crippen LogP contribution in [0.3, 0.4) is 0 Å². The number of ether oxygens (including phenoxy) is 1. The van der Waals surface area contributed by atoms with Crippen molar-refractivity contribution in [2.75, 3.05) is 11.1 Å². The number of rotatable bonds is 6. The molecule has 0 saturated carbocycles. The van der Waals surface area contributed by atoms with E-state index >= 15 is 0 Å². The van der Waals surface area contributed by atoms with Crippen LogP contribution < -0.4 is 16.8 Å². The minimum atomic E-state index is -0.529. The Kier molecular flexibility index (Phi) is 7.09. The molecule has 0 spiro atoms. The van der Waals surface area contributed by atoms with Crippen molar-refractivity contribution in [3.8, 4) is 11.3 Å². The molecule has 10 heteroatoms. The van der Waals surface area contributed by atoms with Crippen LogP contribution in [-0.4, -0.2) is 27.1 Å². The first-order chi connectivity index (χ1) is 16.5. The predicted molar refractivity (Wildman–Crippen MR) is 134 cm³/mol. The normalized spacial score (nSPS) is 11.1. The van der Waals surface area contributed by atoms with Gasteiger partial charge in [-0.3, -0.25) is 0 Å². The fourth-order valence-corrected chi connectivity index (χ4v) is 3.34. The monoisotopic (exact) mass is 517 g/mol. The molecule has 0 unspecified atom stereocenters. The molecular weight excluding hydrogens is 498 g/mol. The number of esters is 1. The van der Waals surface area contributed by atoms with E-state index in [1.807, 2.05) is 54.6 Å². The number of nitrogens with two attached hydrogens (primary N) is 2. The van der Waals surface area contributed by atoms with Crippen LogP contribution in [0, 0.1) is 0 Å². The molecule has 9 nitrogen and oxygen atoms in total. The highest BCUT2D eigenvalue weighted by Gasteiger charge is 2.12. The van der Waals surface area contributed by atoms with Gasteiger partial charge < -0.3 is 21.5 Å². The number of benzene rings is 2. The lowest BCUT2D eigenvalue weighted by Crippen LogP contribution is -2.23. The molecule has 0 bridgehead atoms. The molecular formula is C24H20BrN7O2. The van der Waals surface area contributed by atoms with Gasteiger partial charge in [0.15, 0.2) is 11.8 Å². The fourth-order valence-electron chi connectivity index (χ4n) is 2.99. The van der Waals surface area contributed by atoms with Gasteiger partial charge in [-0.15, -0.1) is 10.2 Å². The number of carbonyl (C=O) groups excluding carboxylic acids is 1. The van der Waals surface area contributed by atoms with Crippen LogP contribution in [0.4, 0.5) is 17.3 Å². The van der Waals surface area contributed by atoms with E-state index in [1.54, 1.807) is 18.2 Å². The third-order valence-corrected chi connectivity index (χ3v) is 5.33. The molecule has 2 aromatic carbocycles. The Morgan fingerprint density at radius 1 is 1.03 bits per heavy atom. The molecule has 0 aliphatic carbocycles. The molecule has 2 heterocycles. The minimum Gasteiger partial charge on any atom is -0.457 e. The summed E-state index contributed by atoms with van der Waals surface area (Å²) in [5, 5.41) is 11.3. The van der Waals surface area contributed by atoms with E-state index in [0.29, 0.717) is 27.4 Å². The number of halogens is 1. The lowest BCUT2D eigenvalue weighted by atomic mass is 10.1. The molecule has 34 heavy (non-hydrogen) atoms. The zero-order chi connectivity index (χ0) is 23.9. The van der Waals surface area contributed by atoms with Gasteiger partial charge in [-0.2, -0.15) is 4.99 Å². The molecule has 0 aliphatic heterocycles. The van der Waals surface area contributed by atoms with Crippen LogP contribution >= 0.6 is 15.9 Å². The number of aromatic nitrogens is 3. The topological polar surface area (TPSA) is 141 Å². The first-order valence-corrected chi connectivity index (χ1v) is 11.0. The van der Waals surface area contributed by atoms with Crippen molar-refractivity contribution in [3.05, 3.63) is 94.6 Å². The smallest absolute Gasteiger partial charge is 0.340 e. The summed E-state index contributed by atoms with van der Waals surface area (Å²) in [6.45, 7) is 0.0167. The average Bonchev–Trinajstić information content (AvgIpc) is 2.86. The highest BCUT2D eigenvalue weighted by molar-refractivity contribution is 9.10. The number of pyridine rings is 1. The quantitative estimate of drug-likeness (QED) is 0.195. The number of hydrogen-bond acceptors (Lipinski definition) is 7. The lowest BCUT2D eigenvalue weighted by molar-refractivity contribution is 0.0473. The molecule has 0 aliphatic rings.